The summed E-state index contributed by atoms with van der Waals surface area (Å²) in [4.78, 5) is 37.6. The molecule has 40 heavy (non-hydrogen) atoms. The van der Waals surface area contributed by atoms with Crippen molar-refractivity contribution in [3.8, 4) is 0 Å². The van der Waals surface area contributed by atoms with Gasteiger partial charge in [0.15, 0.2) is 0 Å². The van der Waals surface area contributed by atoms with Crippen molar-refractivity contribution >= 4 is 29.7 Å². The zero-order valence-corrected chi connectivity index (χ0v) is 26.0. The zero-order chi connectivity index (χ0) is 29.4. The Morgan fingerprint density at radius 1 is 0.925 bits per heavy atom. The van der Waals surface area contributed by atoms with Gasteiger partial charge in [-0.05, 0) is 92.9 Å². The van der Waals surface area contributed by atoms with Gasteiger partial charge in [0.25, 0.3) is 0 Å². The quantitative estimate of drug-likeness (QED) is 0.135. The van der Waals surface area contributed by atoms with E-state index in [1.54, 1.807) is 20.8 Å². The molecule has 0 heterocycles. The Bertz CT molecular complexity index is 878. The molecule has 0 radical (unpaired) electrons. The molecule has 2 atom stereocenters. The number of hydrogen-bond acceptors (Lipinski definition) is 5. The third kappa shape index (κ3) is 17.5. The maximum absolute atomic E-state index is 13.2. The second-order valence-electron chi connectivity index (χ2n) is 11.9. The molecule has 230 valence electrons. The van der Waals surface area contributed by atoms with Gasteiger partial charge < -0.3 is 20.5 Å². The lowest BCUT2D eigenvalue weighted by Gasteiger charge is -2.31. The second kappa shape index (κ2) is 19.8. The molecule has 1 fully saturated rings. The SMILES string of the molecule is C.CC(C)=CCC/C(C)=C/CC/C(C)=C/CSC[C@H](NC(=O)[C@@H](NC(=O)OC(C)(C)C)C1CCCCC1)C(=O)O. The highest BCUT2D eigenvalue weighted by atomic mass is 32.2. The highest BCUT2D eigenvalue weighted by Crippen LogP contribution is 2.27. The topological polar surface area (TPSA) is 105 Å². The van der Waals surface area contributed by atoms with Crippen LogP contribution in [0.15, 0.2) is 34.9 Å². The van der Waals surface area contributed by atoms with Gasteiger partial charge >= 0.3 is 12.1 Å². The van der Waals surface area contributed by atoms with E-state index in [-0.39, 0.29) is 19.1 Å². The number of carboxylic acids is 1. The van der Waals surface area contributed by atoms with Crippen LogP contribution in [0, 0.1) is 5.92 Å². The van der Waals surface area contributed by atoms with Crippen molar-refractivity contribution in [2.45, 2.75) is 131 Å². The largest absolute Gasteiger partial charge is 0.480 e. The van der Waals surface area contributed by atoms with Crippen molar-refractivity contribution in [2.24, 2.45) is 5.92 Å². The molecule has 1 aliphatic carbocycles. The Morgan fingerprint density at radius 3 is 2.05 bits per heavy atom. The monoisotopic (exact) mass is 580 g/mol. The van der Waals surface area contributed by atoms with Crippen molar-refractivity contribution in [1.29, 1.82) is 0 Å². The maximum Gasteiger partial charge on any atom is 0.408 e. The molecule has 3 N–H and O–H groups in total. The van der Waals surface area contributed by atoms with E-state index in [9.17, 15) is 19.5 Å². The first-order chi connectivity index (χ1) is 18.3. The van der Waals surface area contributed by atoms with Crippen LogP contribution in [-0.2, 0) is 14.3 Å². The Labute approximate surface area is 248 Å². The smallest absolute Gasteiger partial charge is 0.408 e. The summed E-state index contributed by atoms with van der Waals surface area (Å²) in [7, 11) is 0. The minimum absolute atomic E-state index is 0. The van der Waals surface area contributed by atoms with E-state index < -0.39 is 35.7 Å². The van der Waals surface area contributed by atoms with E-state index in [2.05, 4.69) is 56.6 Å². The van der Waals surface area contributed by atoms with Crippen LogP contribution in [0.25, 0.3) is 0 Å². The maximum atomic E-state index is 13.2. The number of thioether (sulfide) groups is 1. The van der Waals surface area contributed by atoms with Crippen LogP contribution in [-0.4, -0.2) is 52.3 Å². The fraction of sp³-hybridized carbons (Fsp3) is 0.719. The summed E-state index contributed by atoms with van der Waals surface area (Å²) < 4.78 is 5.37. The van der Waals surface area contributed by atoms with E-state index in [4.69, 9.17) is 4.74 Å². The zero-order valence-electron chi connectivity index (χ0n) is 25.2. The van der Waals surface area contributed by atoms with Crippen molar-refractivity contribution in [3.05, 3.63) is 34.9 Å². The van der Waals surface area contributed by atoms with Gasteiger partial charge in [0.05, 0.1) is 0 Å². The van der Waals surface area contributed by atoms with E-state index in [1.807, 2.05) is 0 Å². The minimum atomic E-state index is -1.08. The summed E-state index contributed by atoms with van der Waals surface area (Å²) >= 11 is 1.48. The van der Waals surface area contributed by atoms with E-state index in [1.165, 1.54) is 28.5 Å². The van der Waals surface area contributed by atoms with E-state index in [0.717, 1.165) is 57.8 Å². The highest BCUT2D eigenvalue weighted by molar-refractivity contribution is 7.99. The summed E-state index contributed by atoms with van der Waals surface area (Å²) in [6.07, 6.45) is 14.9. The van der Waals surface area contributed by atoms with Crippen LogP contribution >= 0.6 is 11.8 Å². The van der Waals surface area contributed by atoms with Crippen LogP contribution in [0.3, 0.4) is 0 Å². The fourth-order valence-electron chi connectivity index (χ4n) is 4.46. The predicted octanol–water partition coefficient (Wildman–Crippen LogP) is 7.82. The number of carbonyl (C=O) groups excluding carboxylic acids is 2. The lowest BCUT2D eigenvalue weighted by molar-refractivity contribution is -0.141. The average molecular weight is 581 g/mol. The molecular weight excluding hydrogens is 524 g/mol. The molecule has 8 heteroatoms. The average Bonchev–Trinajstić information content (AvgIpc) is 2.83. The van der Waals surface area contributed by atoms with Gasteiger partial charge in [-0.2, -0.15) is 11.8 Å². The van der Waals surface area contributed by atoms with Gasteiger partial charge in [0.2, 0.25) is 5.91 Å². The number of ether oxygens (including phenoxy) is 1. The first-order valence-electron chi connectivity index (χ1n) is 14.3. The van der Waals surface area contributed by atoms with Crippen molar-refractivity contribution in [1.82, 2.24) is 10.6 Å². The normalized spacial score (nSPS) is 16.3. The first-order valence-corrected chi connectivity index (χ1v) is 15.5. The fourth-order valence-corrected chi connectivity index (χ4v) is 5.46. The molecular formula is C32H56N2O5S. The number of carboxylic acid groups (broad SMARTS) is 1. The van der Waals surface area contributed by atoms with Gasteiger partial charge in [-0.1, -0.05) is 61.6 Å². The first kappa shape index (κ1) is 37.8. The molecule has 0 aromatic rings. The van der Waals surface area contributed by atoms with Crippen molar-refractivity contribution in [2.75, 3.05) is 11.5 Å². The summed E-state index contributed by atoms with van der Waals surface area (Å²) in [5.74, 6) is -0.650. The van der Waals surface area contributed by atoms with Crippen LogP contribution in [0.4, 0.5) is 4.79 Å². The number of carbonyl (C=O) groups is 3. The Morgan fingerprint density at radius 2 is 1.50 bits per heavy atom. The lowest BCUT2D eigenvalue weighted by Crippen LogP contribution is -2.56. The van der Waals surface area contributed by atoms with Gasteiger partial charge in [-0.25, -0.2) is 9.59 Å². The molecule has 1 aliphatic rings. The molecule has 1 rings (SSSR count). The highest BCUT2D eigenvalue weighted by Gasteiger charge is 2.34. The molecule has 1 saturated carbocycles. The summed E-state index contributed by atoms with van der Waals surface area (Å²) in [6.45, 7) is 13.8. The summed E-state index contributed by atoms with van der Waals surface area (Å²) in [5.41, 5.74) is 3.34. The van der Waals surface area contributed by atoms with Gasteiger partial charge in [0.1, 0.15) is 17.7 Å². The third-order valence-electron chi connectivity index (χ3n) is 6.65. The van der Waals surface area contributed by atoms with E-state index in [0.29, 0.717) is 5.75 Å². The van der Waals surface area contributed by atoms with Gasteiger partial charge in [0, 0.05) is 11.5 Å². The number of aliphatic carboxylic acids is 1. The molecule has 0 unspecified atom stereocenters. The number of alkyl carbamates (subject to hydrolysis) is 1. The number of rotatable bonds is 15. The molecule has 0 aromatic heterocycles. The minimum Gasteiger partial charge on any atom is -0.480 e. The Balaban J connectivity index is 0.0000152. The number of amides is 2. The molecule has 7 nitrogen and oxygen atoms in total. The molecule has 0 saturated heterocycles. The van der Waals surface area contributed by atoms with Crippen LogP contribution in [0.2, 0.25) is 0 Å². The Hall–Kier alpha value is -2.22. The molecule has 2 amide bonds. The second-order valence-corrected chi connectivity index (χ2v) is 13.0. The van der Waals surface area contributed by atoms with Gasteiger partial charge in [-0.15, -0.1) is 0 Å². The standard InChI is InChI=1S/C31H52N2O5S.CH4/c1-22(2)13-11-14-23(3)15-12-16-24(4)19-20-39-21-26(29(35)36)32-28(34)27(25-17-9-8-10-18-25)33-30(37)38-31(5,6)7;/h13,15,19,25-27H,8-12,14,16-18,20-21H2,1-7H3,(H,32,34)(H,33,37)(H,35,36);1H4/b23-15+,24-19+;/t26-,27-;/m0./s1. The molecule has 0 aromatic carbocycles. The van der Waals surface area contributed by atoms with E-state index >= 15 is 0 Å². The number of hydrogen-bond donors (Lipinski definition) is 3. The van der Waals surface area contributed by atoms with Crippen molar-refractivity contribution < 1.29 is 24.2 Å². The van der Waals surface area contributed by atoms with Crippen LogP contribution < -0.4 is 10.6 Å². The Kier molecular flexibility index (Phi) is 18.7. The number of allylic oxidation sites excluding steroid dienone is 5. The van der Waals surface area contributed by atoms with Crippen molar-refractivity contribution in [3.63, 3.8) is 0 Å². The molecule has 0 aliphatic heterocycles. The summed E-state index contributed by atoms with van der Waals surface area (Å²) in [6, 6.07) is -1.85. The van der Waals surface area contributed by atoms with Crippen LogP contribution in [0.5, 0.6) is 0 Å². The third-order valence-corrected chi connectivity index (χ3v) is 7.62. The number of nitrogens with one attached hydrogen (secondary N) is 2. The summed E-state index contributed by atoms with van der Waals surface area (Å²) in [5, 5.41) is 15.2. The molecule has 0 bridgehead atoms. The molecule has 0 spiro atoms. The van der Waals surface area contributed by atoms with Crippen LogP contribution in [0.1, 0.15) is 114 Å². The van der Waals surface area contributed by atoms with Gasteiger partial charge in [-0.3, -0.25) is 4.79 Å². The lowest BCUT2D eigenvalue weighted by atomic mass is 9.83. The predicted molar refractivity (Wildman–Crippen MR) is 169 cm³/mol.